The van der Waals surface area contributed by atoms with Crippen molar-refractivity contribution in [2.45, 2.75) is 0 Å². The maximum absolute atomic E-state index is 5.21. The molecule has 0 bridgehead atoms. The molecule has 0 fully saturated rings. The van der Waals surface area contributed by atoms with Crippen LogP contribution in [0.5, 0.6) is 5.75 Å². The predicted octanol–water partition coefficient (Wildman–Crippen LogP) is 3.49. The number of aromatic nitrogens is 4. The van der Waals surface area contributed by atoms with Crippen molar-refractivity contribution in [3.8, 4) is 22.7 Å². The molecule has 4 heterocycles. The van der Waals surface area contributed by atoms with Crippen LogP contribution in [0.4, 0.5) is 0 Å². The van der Waals surface area contributed by atoms with Crippen molar-refractivity contribution in [3.05, 3.63) is 67.5 Å². The first-order valence-electron chi connectivity index (χ1n) is 7.22. The van der Waals surface area contributed by atoms with E-state index in [2.05, 4.69) is 21.0 Å². The topological polar surface area (TPSA) is 52.8 Å². The van der Waals surface area contributed by atoms with Gasteiger partial charge < -0.3 is 4.74 Å². The monoisotopic (exact) mass is 302 g/mol. The van der Waals surface area contributed by atoms with Crippen LogP contribution in [0, 0.1) is 0 Å². The lowest BCUT2D eigenvalue weighted by Gasteiger charge is -2.07. The number of ether oxygens (including phenoxy) is 1. The van der Waals surface area contributed by atoms with Gasteiger partial charge in [-0.2, -0.15) is 0 Å². The fourth-order valence-corrected chi connectivity index (χ4v) is 2.56. The zero-order chi connectivity index (χ0) is 15.6. The van der Waals surface area contributed by atoms with E-state index in [1.165, 1.54) is 0 Å². The van der Waals surface area contributed by atoms with Crippen molar-refractivity contribution < 1.29 is 4.74 Å². The SMILES string of the molecule is COc1cncc(-c2ccc(-n3ccc4ccncc43)nc2)c1. The summed E-state index contributed by atoms with van der Waals surface area (Å²) in [5.41, 5.74) is 3.01. The Labute approximate surface area is 133 Å². The minimum atomic E-state index is 0.731. The van der Waals surface area contributed by atoms with E-state index in [1.54, 1.807) is 25.7 Å². The third-order valence-electron chi connectivity index (χ3n) is 3.77. The van der Waals surface area contributed by atoms with Gasteiger partial charge in [0, 0.05) is 41.3 Å². The molecule has 0 aliphatic heterocycles. The largest absolute Gasteiger partial charge is 0.495 e. The first kappa shape index (κ1) is 13.5. The number of rotatable bonds is 3. The first-order chi connectivity index (χ1) is 11.3. The Hall–Kier alpha value is -3.21. The van der Waals surface area contributed by atoms with Gasteiger partial charge in [-0.05, 0) is 30.3 Å². The lowest BCUT2D eigenvalue weighted by molar-refractivity contribution is 0.413. The van der Waals surface area contributed by atoms with Gasteiger partial charge in [-0.3, -0.25) is 14.5 Å². The Morgan fingerprint density at radius 3 is 2.70 bits per heavy atom. The van der Waals surface area contributed by atoms with Crippen LogP contribution in [0.1, 0.15) is 0 Å². The summed E-state index contributed by atoms with van der Waals surface area (Å²) in [4.78, 5) is 12.9. The Bertz CT molecular complexity index is 960. The van der Waals surface area contributed by atoms with Gasteiger partial charge in [0.1, 0.15) is 11.6 Å². The maximum Gasteiger partial charge on any atom is 0.137 e. The van der Waals surface area contributed by atoms with Crippen LogP contribution in [-0.2, 0) is 0 Å². The summed E-state index contributed by atoms with van der Waals surface area (Å²) in [7, 11) is 1.63. The van der Waals surface area contributed by atoms with Gasteiger partial charge >= 0.3 is 0 Å². The van der Waals surface area contributed by atoms with Crippen molar-refractivity contribution in [1.29, 1.82) is 0 Å². The Kier molecular flexibility index (Phi) is 3.24. The fourth-order valence-electron chi connectivity index (χ4n) is 2.56. The predicted molar refractivity (Wildman–Crippen MR) is 88.6 cm³/mol. The van der Waals surface area contributed by atoms with Crippen LogP contribution in [0.2, 0.25) is 0 Å². The highest BCUT2D eigenvalue weighted by molar-refractivity contribution is 5.80. The molecule has 0 radical (unpaired) electrons. The van der Waals surface area contributed by atoms with Crippen LogP contribution >= 0.6 is 0 Å². The maximum atomic E-state index is 5.21. The third-order valence-corrected chi connectivity index (χ3v) is 3.77. The highest BCUT2D eigenvalue weighted by atomic mass is 16.5. The van der Waals surface area contributed by atoms with Gasteiger partial charge in [-0.25, -0.2) is 4.98 Å². The molecule has 23 heavy (non-hydrogen) atoms. The summed E-state index contributed by atoms with van der Waals surface area (Å²) in [6.07, 6.45) is 11.0. The van der Waals surface area contributed by atoms with E-state index in [0.717, 1.165) is 33.6 Å². The minimum absolute atomic E-state index is 0.731. The molecule has 0 aliphatic carbocycles. The Balaban J connectivity index is 1.73. The van der Waals surface area contributed by atoms with Crippen molar-refractivity contribution in [2.24, 2.45) is 0 Å². The molecule has 4 aromatic rings. The van der Waals surface area contributed by atoms with Gasteiger partial charge in [0.25, 0.3) is 0 Å². The third kappa shape index (κ3) is 2.42. The average molecular weight is 302 g/mol. The summed E-state index contributed by atoms with van der Waals surface area (Å²) in [5.74, 6) is 1.58. The Morgan fingerprint density at radius 2 is 1.87 bits per heavy atom. The molecule has 0 saturated carbocycles. The number of nitrogens with zero attached hydrogens (tertiary/aromatic N) is 4. The summed E-state index contributed by atoms with van der Waals surface area (Å²) in [5, 5.41) is 1.14. The smallest absolute Gasteiger partial charge is 0.137 e. The van der Waals surface area contributed by atoms with E-state index >= 15 is 0 Å². The molecule has 0 atom stereocenters. The zero-order valence-corrected chi connectivity index (χ0v) is 12.5. The van der Waals surface area contributed by atoms with Crippen LogP contribution in [0.25, 0.3) is 27.8 Å². The number of hydrogen-bond donors (Lipinski definition) is 0. The highest BCUT2D eigenvalue weighted by Crippen LogP contribution is 2.23. The summed E-state index contributed by atoms with van der Waals surface area (Å²) in [6.45, 7) is 0. The lowest BCUT2D eigenvalue weighted by atomic mass is 10.1. The van der Waals surface area contributed by atoms with Crippen molar-refractivity contribution >= 4 is 10.9 Å². The van der Waals surface area contributed by atoms with Crippen LogP contribution in [0.15, 0.2) is 67.5 Å². The molecule has 0 unspecified atom stereocenters. The zero-order valence-electron chi connectivity index (χ0n) is 12.5. The molecule has 0 spiro atoms. The van der Waals surface area contributed by atoms with Crippen LogP contribution < -0.4 is 4.74 Å². The highest BCUT2D eigenvalue weighted by Gasteiger charge is 2.06. The Morgan fingerprint density at radius 1 is 0.913 bits per heavy atom. The van der Waals surface area contributed by atoms with Crippen LogP contribution in [-0.4, -0.2) is 26.6 Å². The molecule has 0 N–H and O–H groups in total. The molecule has 5 nitrogen and oxygen atoms in total. The van der Waals surface area contributed by atoms with Gasteiger partial charge in [0.2, 0.25) is 0 Å². The van der Waals surface area contributed by atoms with Crippen LogP contribution in [0.3, 0.4) is 0 Å². The second-order valence-electron chi connectivity index (χ2n) is 5.14. The second-order valence-corrected chi connectivity index (χ2v) is 5.14. The summed E-state index contributed by atoms with van der Waals surface area (Å²) < 4.78 is 7.24. The van der Waals surface area contributed by atoms with Gasteiger partial charge in [-0.15, -0.1) is 0 Å². The van der Waals surface area contributed by atoms with E-state index in [0.29, 0.717) is 0 Å². The number of methoxy groups -OCH3 is 1. The van der Waals surface area contributed by atoms with E-state index in [4.69, 9.17) is 4.74 Å². The van der Waals surface area contributed by atoms with E-state index in [9.17, 15) is 0 Å². The molecule has 4 aromatic heterocycles. The van der Waals surface area contributed by atoms with Gasteiger partial charge in [0.05, 0.1) is 25.0 Å². The number of hydrogen-bond acceptors (Lipinski definition) is 4. The normalized spacial score (nSPS) is 10.8. The van der Waals surface area contributed by atoms with Crippen molar-refractivity contribution in [3.63, 3.8) is 0 Å². The number of fused-ring (bicyclic) bond motifs is 1. The van der Waals surface area contributed by atoms with Crippen molar-refractivity contribution in [1.82, 2.24) is 19.5 Å². The average Bonchev–Trinajstić information content (AvgIpc) is 3.06. The fraction of sp³-hybridized carbons (Fsp3) is 0.0556. The van der Waals surface area contributed by atoms with Gasteiger partial charge in [0.15, 0.2) is 0 Å². The molecular formula is C18H14N4O. The van der Waals surface area contributed by atoms with E-state index < -0.39 is 0 Å². The molecule has 4 rings (SSSR count). The van der Waals surface area contributed by atoms with E-state index in [-0.39, 0.29) is 0 Å². The molecule has 0 amide bonds. The summed E-state index contributed by atoms with van der Waals surface area (Å²) >= 11 is 0. The van der Waals surface area contributed by atoms with Crippen molar-refractivity contribution in [2.75, 3.05) is 7.11 Å². The molecular weight excluding hydrogens is 288 g/mol. The number of pyridine rings is 3. The molecule has 112 valence electrons. The first-order valence-corrected chi connectivity index (χ1v) is 7.22. The minimum Gasteiger partial charge on any atom is -0.495 e. The quantitative estimate of drug-likeness (QED) is 0.581. The van der Waals surface area contributed by atoms with Gasteiger partial charge in [-0.1, -0.05) is 0 Å². The molecule has 5 heteroatoms. The molecule has 0 aromatic carbocycles. The molecule has 0 saturated heterocycles. The van der Waals surface area contributed by atoms with E-state index in [1.807, 2.05) is 47.4 Å². The molecule has 0 aliphatic rings. The lowest BCUT2D eigenvalue weighted by Crippen LogP contribution is -1.96. The second kappa shape index (κ2) is 5.53. The summed E-state index contributed by atoms with van der Waals surface area (Å²) in [6, 6.07) is 10.0. The standard InChI is InChI=1S/C18H14N4O/c1-23-16-8-15(9-20-11-16)14-2-3-18(21-10-14)22-7-5-13-4-6-19-12-17(13)22/h2-12H,1H3.